The average molecular weight is 434 g/mol. The first-order valence-electron chi connectivity index (χ1n) is 9.68. The second kappa shape index (κ2) is 8.38. The highest BCUT2D eigenvalue weighted by Gasteiger charge is 2.41. The number of nitriles is 1. The topological polar surface area (TPSA) is 87.6 Å². The van der Waals surface area contributed by atoms with Gasteiger partial charge in [0.2, 0.25) is 0 Å². The molecule has 6 nitrogen and oxygen atoms in total. The summed E-state index contributed by atoms with van der Waals surface area (Å²) in [6.07, 6.45) is 2.87. The molecule has 0 unspecified atom stereocenters. The Hall–Kier alpha value is -3.41. The molecule has 2 aromatic carbocycles. The number of benzene rings is 2. The molecular formula is C23H20FN5OS. The zero-order valence-electron chi connectivity index (χ0n) is 17.0. The zero-order valence-corrected chi connectivity index (χ0v) is 17.8. The van der Waals surface area contributed by atoms with Crippen LogP contribution in [0.4, 0.5) is 4.39 Å². The van der Waals surface area contributed by atoms with Crippen LogP contribution in [0.2, 0.25) is 0 Å². The van der Waals surface area contributed by atoms with Crippen LogP contribution in [0.5, 0.6) is 0 Å². The van der Waals surface area contributed by atoms with Crippen LogP contribution in [-0.4, -0.2) is 24.9 Å². The molecule has 0 saturated heterocycles. The van der Waals surface area contributed by atoms with Crippen molar-refractivity contribution in [2.45, 2.75) is 31.9 Å². The van der Waals surface area contributed by atoms with Crippen molar-refractivity contribution in [1.82, 2.24) is 19.7 Å². The summed E-state index contributed by atoms with van der Waals surface area (Å²) < 4.78 is 16.4. The van der Waals surface area contributed by atoms with Crippen molar-refractivity contribution < 1.29 is 9.50 Å². The van der Waals surface area contributed by atoms with E-state index in [0.29, 0.717) is 10.6 Å². The molecule has 0 amide bonds. The number of rotatable bonds is 6. The molecule has 0 radical (unpaired) electrons. The fourth-order valence-electron chi connectivity index (χ4n) is 3.53. The van der Waals surface area contributed by atoms with Gasteiger partial charge in [-0.05, 0) is 30.7 Å². The number of hydrogen-bond acceptors (Lipinski definition) is 6. The molecule has 0 aliphatic rings. The minimum atomic E-state index is -1.59. The van der Waals surface area contributed by atoms with E-state index in [4.69, 9.17) is 10.2 Å². The zero-order chi connectivity index (χ0) is 22.0. The Morgan fingerprint density at radius 3 is 2.68 bits per heavy atom. The lowest BCUT2D eigenvalue weighted by Gasteiger charge is -2.34. The number of halogens is 1. The van der Waals surface area contributed by atoms with E-state index in [1.807, 2.05) is 24.4 Å². The van der Waals surface area contributed by atoms with E-state index in [1.54, 1.807) is 31.2 Å². The van der Waals surface area contributed by atoms with Crippen molar-refractivity contribution in [2.24, 2.45) is 0 Å². The lowest BCUT2D eigenvalue weighted by molar-refractivity contribution is -0.0111. The lowest BCUT2D eigenvalue weighted by atomic mass is 9.81. The summed E-state index contributed by atoms with van der Waals surface area (Å²) >= 11 is 1.40. The van der Waals surface area contributed by atoms with Crippen molar-refractivity contribution in [3.05, 3.63) is 88.0 Å². The van der Waals surface area contributed by atoms with E-state index < -0.39 is 17.3 Å². The third-order valence-electron chi connectivity index (χ3n) is 5.38. The van der Waals surface area contributed by atoms with Crippen molar-refractivity contribution in [3.63, 3.8) is 0 Å². The van der Waals surface area contributed by atoms with E-state index in [9.17, 15) is 9.50 Å². The van der Waals surface area contributed by atoms with Crippen LogP contribution in [-0.2, 0) is 12.1 Å². The van der Waals surface area contributed by atoms with Crippen LogP contribution in [0.15, 0.2) is 60.5 Å². The molecule has 1 N–H and O–H groups in total. The fraction of sp³-hybridized carbons (Fsp3) is 0.217. The SMILES string of the molecule is Cc1ccc([C@@](O)(Cn2cncn2)[C@@H](C)c2nc(-c3ccc(C#N)cc3)cs2)c(F)c1. The summed E-state index contributed by atoms with van der Waals surface area (Å²) in [6.45, 7) is 3.66. The Kier molecular flexibility index (Phi) is 5.63. The predicted molar refractivity (Wildman–Crippen MR) is 116 cm³/mol. The maximum absolute atomic E-state index is 14.9. The van der Waals surface area contributed by atoms with Crippen molar-refractivity contribution in [1.29, 1.82) is 5.26 Å². The Balaban J connectivity index is 1.73. The van der Waals surface area contributed by atoms with Gasteiger partial charge in [0.1, 0.15) is 24.1 Å². The molecule has 0 aliphatic heterocycles. The van der Waals surface area contributed by atoms with Gasteiger partial charge in [-0.2, -0.15) is 10.4 Å². The minimum Gasteiger partial charge on any atom is -0.382 e. The van der Waals surface area contributed by atoms with Gasteiger partial charge in [0, 0.05) is 22.4 Å². The van der Waals surface area contributed by atoms with E-state index >= 15 is 0 Å². The maximum atomic E-state index is 14.9. The van der Waals surface area contributed by atoms with Gasteiger partial charge in [0.05, 0.1) is 28.9 Å². The molecule has 2 atom stereocenters. The van der Waals surface area contributed by atoms with Gasteiger partial charge >= 0.3 is 0 Å². The van der Waals surface area contributed by atoms with Crippen molar-refractivity contribution in [3.8, 4) is 17.3 Å². The third kappa shape index (κ3) is 4.10. The molecule has 0 bridgehead atoms. The molecule has 2 aromatic heterocycles. The van der Waals surface area contributed by atoms with Gasteiger partial charge in [-0.25, -0.2) is 19.0 Å². The highest BCUT2D eigenvalue weighted by molar-refractivity contribution is 7.10. The number of nitrogens with zero attached hydrogens (tertiary/aromatic N) is 5. The molecule has 0 spiro atoms. The van der Waals surface area contributed by atoms with E-state index in [-0.39, 0.29) is 12.1 Å². The second-order valence-electron chi connectivity index (χ2n) is 7.48. The summed E-state index contributed by atoms with van der Waals surface area (Å²) in [4.78, 5) is 8.65. The van der Waals surface area contributed by atoms with E-state index in [1.165, 1.54) is 34.7 Å². The number of aromatic nitrogens is 4. The molecule has 31 heavy (non-hydrogen) atoms. The second-order valence-corrected chi connectivity index (χ2v) is 8.37. The Bertz CT molecular complexity index is 1230. The summed E-state index contributed by atoms with van der Waals surface area (Å²) in [5, 5.41) is 27.4. The number of aryl methyl sites for hydroxylation is 1. The highest BCUT2D eigenvalue weighted by atomic mass is 32.1. The Morgan fingerprint density at radius 1 is 1.26 bits per heavy atom. The molecule has 2 heterocycles. The summed E-state index contributed by atoms with van der Waals surface area (Å²) in [5.41, 5.74) is 1.56. The quantitative estimate of drug-likeness (QED) is 0.487. The molecule has 0 fully saturated rings. The number of hydrogen-bond donors (Lipinski definition) is 1. The summed E-state index contributed by atoms with van der Waals surface area (Å²) in [6, 6.07) is 14.1. The van der Waals surface area contributed by atoms with Gasteiger partial charge in [0.25, 0.3) is 0 Å². The third-order valence-corrected chi connectivity index (χ3v) is 6.41. The maximum Gasteiger partial charge on any atom is 0.137 e. The van der Waals surface area contributed by atoms with Gasteiger partial charge in [-0.3, -0.25) is 0 Å². The van der Waals surface area contributed by atoms with Gasteiger partial charge in [-0.1, -0.05) is 31.2 Å². The number of thiazole rings is 1. The smallest absolute Gasteiger partial charge is 0.137 e. The molecule has 8 heteroatoms. The molecule has 156 valence electrons. The Labute approximate surface area is 183 Å². The van der Waals surface area contributed by atoms with Crippen LogP contribution < -0.4 is 0 Å². The van der Waals surface area contributed by atoms with Gasteiger partial charge < -0.3 is 5.11 Å². The Morgan fingerprint density at radius 2 is 2.03 bits per heavy atom. The normalized spacial score (nSPS) is 14.0. The van der Waals surface area contributed by atoms with Gasteiger partial charge in [0.15, 0.2) is 0 Å². The van der Waals surface area contributed by atoms with Crippen LogP contribution in [0, 0.1) is 24.1 Å². The summed E-state index contributed by atoms with van der Waals surface area (Å²) in [5.74, 6) is -0.996. The first-order chi connectivity index (χ1) is 14.9. The molecule has 4 rings (SSSR count). The van der Waals surface area contributed by atoms with Crippen molar-refractivity contribution >= 4 is 11.3 Å². The first-order valence-corrected chi connectivity index (χ1v) is 10.6. The molecule has 0 saturated carbocycles. The largest absolute Gasteiger partial charge is 0.382 e. The standard InChI is InChI=1S/C23H20FN5OS/c1-15-3-8-19(20(24)9-15)23(30,12-29-14-26-13-27-29)16(2)22-28-21(11-31-22)18-6-4-17(10-25)5-7-18/h3-9,11,13-14,16,30H,12H2,1-2H3/t16-,23+/m0/s1. The highest BCUT2D eigenvalue weighted by Crippen LogP contribution is 2.41. The van der Waals surface area contributed by atoms with Crippen LogP contribution in [0.3, 0.4) is 0 Å². The number of aliphatic hydroxyl groups is 1. The molecule has 4 aromatic rings. The van der Waals surface area contributed by atoms with Crippen LogP contribution >= 0.6 is 11.3 Å². The first kappa shape index (κ1) is 20.8. The summed E-state index contributed by atoms with van der Waals surface area (Å²) in [7, 11) is 0. The van der Waals surface area contributed by atoms with Crippen LogP contribution in [0.25, 0.3) is 11.3 Å². The van der Waals surface area contributed by atoms with Gasteiger partial charge in [-0.15, -0.1) is 11.3 Å². The molecule has 0 aliphatic carbocycles. The lowest BCUT2D eigenvalue weighted by Crippen LogP contribution is -2.38. The van der Waals surface area contributed by atoms with Crippen molar-refractivity contribution in [2.75, 3.05) is 0 Å². The monoisotopic (exact) mass is 433 g/mol. The van der Waals surface area contributed by atoms with E-state index in [0.717, 1.165) is 16.8 Å². The molecular weight excluding hydrogens is 413 g/mol. The fourth-order valence-corrected chi connectivity index (χ4v) is 4.50. The average Bonchev–Trinajstić information content (AvgIpc) is 3.45. The minimum absolute atomic E-state index is 0.0277. The van der Waals surface area contributed by atoms with Crippen LogP contribution in [0.1, 0.15) is 34.5 Å². The predicted octanol–water partition coefficient (Wildman–Crippen LogP) is 4.41. The van der Waals surface area contributed by atoms with E-state index in [2.05, 4.69) is 16.2 Å².